The Morgan fingerprint density at radius 1 is 0.759 bits per heavy atom. The molecule has 8 nitrogen and oxygen atoms in total. The van der Waals surface area contributed by atoms with Crippen LogP contribution in [0, 0.1) is 0 Å². The predicted molar refractivity (Wildman–Crippen MR) is 108 cm³/mol. The number of rotatable bonds is 19. The molecule has 2 unspecified atom stereocenters. The number of aliphatic carboxylic acids is 1. The van der Waals surface area contributed by atoms with Gasteiger partial charge < -0.3 is 30.6 Å². The fourth-order valence-corrected chi connectivity index (χ4v) is 3.37. The van der Waals surface area contributed by atoms with Gasteiger partial charge in [0.05, 0.1) is 6.61 Å². The van der Waals surface area contributed by atoms with Crippen LogP contribution in [0.3, 0.4) is 0 Å². The number of aliphatic hydroxyl groups excluding tert-OH is 2. The lowest BCUT2D eigenvalue weighted by atomic mass is 9.82. The van der Waals surface area contributed by atoms with E-state index in [1.54, 1.807) is 0 Å². The van der Waals surface area contributed by atoms with Crippen LogP contribution in [-0.4, -0.2) is 66.5 Å². The van der Waals surface area contributed by atoms with Crippen LogP contribution in [0.5, 0.6) is 0 Å². The second-order valence-electron chi connectivity index (χ2n) is 7.89. The molecule has 0 spiro atoms. The lowest BCUT2D eigenvalue weighted by Crippen LogP contribution is -2.67. The van der Waals surface area contributed by atoms with Gasteiger partial charge >= 0.3 is 5.97 Å². The number of carboxylic acid groups (broad SMARTS) is 1. The van der Waals surface area contributed by atoms with E-state index in [1.165, 1.54) is 44.9 Å². The molecule has 6 N–H and O–H groups in total. The summed E-state index contributed by atoms with van der Waals surface area (Å²) in [6.07, 6.45) is 11.0. The topological polar surface area (TPSA) is 156 Å². The Labute approximate surface area is 173 Å². The first-order valence-electron chi connectivity index (χ1n) is 10.9. The molecule has 0 radical (unpaired) electrons. The molecular formula is C21H40O8. The largest absolute Gasteiger partial charge is 0.479 e. The minimum atomic E-state index is -3.60. The average molecular weight is 421 g/mol. The van der Waals surface area contributed by atoms with Crippen molar-refractivity contribution in [3.8, 4) is 0 Å². The molecule has 0 aromatic carbocycles. The van der Waals surface area contributed by atoms with Crippen molar-refractivity contribution in [3.05, 3.63) is 0 Å². The Hall–Kier alpha value is -1.06. The zero-order chi connectivity index (χ0) is 22.3. The Morgan fingerprint density at radius 2 is 1.14 bits per heavy atom. The van der Waals surface area contributed by atoms with Gasteiger partial charge in [-0.25, -0.2) is 4.79 Å². The Bertz CT molecular complexity index is 466. The molecule has 0 aliphatic rings. The van der Waals surface area contributed by atoms with Crippen LogP contribution in [0.2, 0.25) is 0 Å². The number of carbonyl (C=O) groups excluding carboxylic acids is 1. The lowest BCUT2D eigenvalue weighted by Gasteiger charge is -2.35. The maximum atomic E-state index is 11.9. The van der Waals surface area contributed by atoms with Crippen LogP contribution < -0.4 is 0 Å². The first-order valence-corrected chi connectivity index (χ1v) is 10.9. The zero-order valence-corrected chi connectivity index (χ0v) is 17.7. The molecule has 0 aliphatic heterocycles. The number of unbranched alkanes of at least 4 members (excludes halogenated alkanes) is 12. The number of hydrogen-bond donors (Lipinski definition) is 6. The average Bonchev–Trinajstić information content (AvgIpc) is 2.69. The highest BCUT2D eigenvalue weighted by Gasteiger charge is 2.61. The maximum Gasteiger partial charge on any atom is 0.349 e. The summed E-state index contributed by atoms with van der Waals surface area (Å²) >= 11 is 0. The van der Waals surface area contributed by atoms with Gasteiger partial charge in [-0.3, -0.25) is 4.79 Å². The fraction of sp³-hybridized carbons (Fsp3) is 0.905. The highest BCUT2D eigenvalue weighted by atomic mass is 16.5. The second-order valence-corrected chi connectivity index (χ2v) is 7.89. The predicted octanol–water partition coefficient (Wildman–Crippen LogP) is 1.89. The first kappa shape index (κ1) is 27.9. The number of ketones is 1. The van der Waals surface area contributed by atoms with Gasteiger partial charge in [-0.2, -0.15) is 0 Å². The molecule has 172 valence electrons. The van der Waals surface area contributed by atoms with Crippen LogP contribution in [0.25, 0.3) is 0 Å². The molecule has 2 atom stereocenters. The van der Waals surface area contributed by atoms with Crippen molar-refractivity contribution in [1.29, 1.82) is 0 Å². The van der Waals surface area contributed by atoms with E-state index in [1.807, 2.05) is 0 Å². The van der Waals surface area contributed by atoms with Gasteiger partial charge in [-0.05, 0) is 6.42 Å². The van der Waals surface area contributed by atoms with Crippen LogP contribution >= 0.6 is 0 Å². The van der Waals surface area contributed by atoms with Crippen molar-refractivity contribution in [2.24, 2.45) is 0 Å². The molecule has 0 bridgehead atoms. The Kier molecular flexibility index (Phi) is 14.3. The van der Waals surface area contributed by atoms with Crippen molar-refractivity contribution in [2.45, 2.75) is 114 Å². The monoisotopic (exact) mass is 420 g/mol. The summed E-state index contributed by atoms with van der Waals surface area (Å²) in [4.78, 5) is 23.1. The van der Waals surface area contributed by atoms with E-state index in [0.717, 1.165) is 25.7 Å². The van der Waals surface area contributed by atoms with Crippen LogP contribution in [0.4, 0.5) is 0 Å². The van der Waals surface area contributed by atoms with Gasteiger partial charge in [0.2, 0.25) is 11.6 Å². The minimum absolute atomic E-state index is 0.197. The molecule has 0 aliphatic carbocycles. The first-order chi connectivity index (χ1) is 13.6. The van der Waals surface area contributed by atoms with E-state index in [0.29, 0.717) is 6.42 Å². The molecule has 0 aromatic rings. The molecule has 0 saturated heterocycles. The molecular weight excluding hydrogens is 380 g/mol. The summed E-state index contributed by atoms with van der Waals surface area (Å²) in [5.41, 5.74) is -3.60. The number of aliphatic hydroxyl groups is 5. The standard InChI is InChI=1S/C21H40O8/c1-2-3-4-5-6-7-8-9-10-11-12-13-14-15-20(27,28)21(29,19(25)26)18(24)17(23)16-22/h17,22-23,27-29H,2-16H2,1H3,(H,25,26). The molecule has 29 heavy (non-hydrogen) atoms. The van der Waals surface area contributed by atoms with Gasteiger partial charge in [0, 0.05) is 6.42 Å². The smallest absolute Gasteiger partial charge is 0.349 e. The summed E-state index contributed by atoms with van der Waals surface area (Å²) in [6.45, 7) is 1.07. The Morgan fingerprint density at radius 3 is 1.48 bits per heavy atom. The third-order valence-corrected chi connectivity index (χ3v) is 5.35. The van der Waals surface area contributed by atoms with Crippen LogP contribution in [0.1, 0.15) is 96.8 Å². The summed E-state index contributed by atoms with van der Waals surface area (Å²) in [6, 6.07) is 0. The van der Waals surface area contributed by atoms with Crippen molar-refractivity contribution in [1.82, 2.24) is 0 Å². The molecule has 0 amide bonds. The van der Waals surface area contributed by atoms with Crippen molar-refractivity contribution in [2.75, 3.05) is 6.61 Å². The van der Waals surface area contributed by atoms with E-state index >= 15 is 0 Å². The molecule has 0 heterocycles. The number of hydrogen-bond acceptors (Lipinski definition) is 7. The van der Waals surface area contributed by atoms with Gasteiger partial charge in [0.15, 0.2) is 0 Å². The van der Waals surface area contributed by atoms with Crippen molar-refractivity contribution < 1.29 is 40.2 Å². The fourth-order valence-electron chi connectivity index (χ4n) is 3.37. The molecule has 0 rings (SSSR count). The summed E-state index contributed by atoms with van der Waals surface area (Å²) < 4.78 is 0. The van der Waals surface area contributed by atoms with Gasteiger partial charge in [0.1, 0.15) is 6.10 Å². The van der Waals surface area contributed by atoms with Crippen LogP contribution in [0.15, 0.2) is 0 Å². The molecule has 0 saturated carbocycles. The molecule has 0 fully saturated rings. The van der Waals surface area contributed by atoms with Gasteiger partial charge in [-0.15, -0.1) is 0 Å². The van der Waals surface area contributed by atoms with E-state index in [-0.39, 0.29) is 6.42 Å². The van der Waals surface area contributed by atoms with E-state index < -0.39 is 42.3 Å². The highest BCUT2D eigenvalue weighted by molar-refractivity contribution is 6.09. The van der Waals surface area contributed by atoms with Crippen LogP contribution in [-0.2, 0) is 9.59 Å². The van der Waals surface area contributed by atoms with E-state index in [9.17, 15) is 30.0 Å². The van der Waals surface area contributed by atoms with Gasteiger partial charge in [0.25, 0.3) is 5.60 Å². The normalized spacial score (nSPS) is 15.1. The summed E-state index contributed by atoms with van der Waals surface area (Å²) in [5.74, 6) is -7.19. The molecule has 0 aromatic heterocycles. The van der Waals surface area contributed by atoms with Crippen molar-refractivity contribution >= 4 is 11.8 Å². The van der Waals surface area contributed by atoms with E-state index in [4.69, 9.17) is 10.2 Å². The van der Waals surface area contributed by atoms with Gasteiger partial charge in [-0.1, -0.05) is 84.0 Å². The maximum absolute atomic E-state index is 11.9. The minimum Gasteiger partial charge on any atom is -0.479 e. The third-order valence-electron chi connectivity index (χ3n) is 5.35. The lowest BCUT2D eigenvalue weighted by molar-refractivity contribution is -0.269. The Balaban J connectivity index is 4.10. The number of carbonyl (C=O) groups is 2. The SMILES string of the molecule is CCCCCCCCCCCCCCCC(O)(O)C(O)(C(=O)O)C(=O)C(O)CO. The van der Waals surface area contributed by atoms with E-state index in [2.05, 4.69) is 6.92 Å². The molecule has 8 heteroatoms. The third kappa shape index (κ3) is 9.53. The highest BCUT2D eigenvalue weighted by Crippen LogP contribution is 2.29. The number of Topliss-reactive ketones (excluding diaryl/α,β-unsaturated/α-hetero) is 1. The summed E-state index contributed by atoms with van der Waals surface area (Å²) in [7, 11) is 0. The number of carboxylic acids is 1. The second kappa shape index (κ2) is 14.8. The zero-order valence-electron chi connectivity index (χ0n) is 17.7. The summed E-state index contributed by atoms with van der Waals surface area (Å²) in [5, 5.41) is 57.3. The quantitative estimate of drug-likeness (QED) is 0.105. The van der Waals surface area contributed by atoms with Crippen molar-refractivity contribution in [3.63, 3.8) is 0 Å².